The summed E-state index contributed by atoms with van der Waals surface area (Å²) >= 11 is 0. The summed E-state index contributed by atoms with van der Waals surface area (Å²) < 4.78 is 99.4. The minimum absolute atomic E-state index is 0.106. The predicted molar refractivity (Wildman–Crippen MR) is 169 cm³/mol. The van der Waals surface area contributed by atoms with Crippen LogP contribution in [0.2, 0.25) is 5.04 Å². The Hall–Kier alpha value is -3.78. The highest BCUT2D eigenvalue weighted by Gasteiger charge is 2.51. The highest BCUT2D eigenvalue weighted by molar-refractivity contribution is 6.99. The number of benzene rings is 3. The number of hydrogen-bond donors (Lipinski definition) is 1. The summed E-state index contributed by atoms with van der Waals surface area (Å²) in [6.07, 6.45) is -7.01. The fraction of sp³-hybridized carbons (Fsp3) is 0.382. The lowest BCUT2D eigenvalue weighted by atomic mass is 10.1. The molecule has 47 heavy (non-hydrogen) atoms. The smallest absolute Gasteiger partial charge is 0.416 e. The number of halogens is 5. The number of anilines is 1. The minimum Gasteiger partial charge on any atom is -0.463 e. The van der Waals surface area contributed by atoms with Crippen molar-refractivity contribution in [3.8, 4) is 0 Å². The largest absolute Gasteiger partial charge is 0.463 e. The molecule has 252 valence electrons. The summed E-state index contributed by atoms with van der Waals surface area (Å²) in [5.41, 5.74) is -1.48. The van der Waals surface area contributed by atoms with Gasteiger partial charge in [0, 0.05) is 5.39 Å². The van der Waals surface area contributed by atoms with Gasteiger partial charge in [0.05, 0.1) is 44.7 Å². The van der Waals surface area contributed by atoms with Crippen molar-refractivity contribution in [2.24, 2.45) is 0 Å². The highest BCUT2D eigenvalue weighted by Crippen LogP contribution is 2.39. The second-order valence-corrected chi connectivity index (χ2v) is 16.7. The number of carbonyl (C=O) groups is 1. The number of fused-ring (bicyclic) bond motifs is 1. The first kappa shape index (κ1) is 34.5. The maximum atomic E-state index is 15.5. The van der Waals surface area contributed by atoms with Gasteiger partial charge < -0.3 is 28.4 Å². The fourth-order valence-corrected chi connectivity index (χ4v) is 10.5. The van der Waals surface area contributed by atoms with Gasteiger partial charge in [-0.15, -0.1) is 0 Å². The van der Waals surface area contributed by atoms with Gasteiger partial charge in [0.2, 0.25) is 5.76 Å². The lowest BCUT2D eigenvalue weighted by molar-refractivity contribution is -0.214. The van der Waals surface area contributed by atoms with E-state index in [0.717, 1.165) is 35.7 Å². The number of esters is 1. The van der Waals surface area contributed by atoms with Crippen molar-refractivity contribution in [1.82, 2.24) is 0 Å². The van der Waals surface area contributed by atoms with Crippen LogP contribution in [0, 0.1) is 0 Å². The van der Waals surface area contributed by atoms with Gasteiger partial charge in [-0.05, 0) is 33.6 Å². The number of methoxy groups -OCH3 is 1. The molecule has 0 spiro atoms. The van der Waals surface area contributed by atoms with Crippen molar-refractivity contribution < 1.29 is 49.8 Å². The molecular formula is C34H36F5NO6Si. The first-order valence-corrected chi connectivity index (χ1v) is 16.9. The molecule has 1 saturated heterocycles. The number of rotatable bonds is 10. The van der Waals surface area contributed by atoms with Crippen LogP contribution in [0.3, 0.4) is 0 Å². The van der Waals surface area contributed by atoms with E-state index in [-0.39, 0.29) is 34.9 Å². The van der Waals surface area contributed by atoms with E-state index in [4.69, 9.17) is 18.3 Å². The average molecular weight is 678 g/mol. The molecule has 0 amide bonds. The summed E-state index contributed by atoms with van der Waals surface area (Å²) in [4.78, 5) is 12.3. The zero-order valence-electron chi connectivity index (χ0n) is 26.3. The summed E-state index contributed by atoms with van der Waals surface area (Å²) in [5.74, 6) is -5.12. The van der Waals surface area contributed by atoms with Crippen LogP contribution in [0.5, 0.6) is 0 Å². The number of alkyl halides is 5. The molecule has 5 rings (SSSR count). The molecule has 1 N–H and O–H groups in total. The van der Waals surface area contributed by atoms with Gasteiger partial charge in [-0.25, -0.2) is 13.6 Å². The molecule has 4 aromatic rings. The average Bonchev–Trinajstić information content (AvgIpc) is 3.42. The van der Waals surface area contributed by atoms with E-state index in [0.29, 0.717) is 0 Å². The lowest BCUT2D eigenvalue weighted by Gasteiger charge is -2.44. The Morgan fingerprint density at radius 2 is 1.51 bits per heavy atom. The second-order valence-electron chi connectivity index (χ2n) is 12.4. The summed E-state index contributed by atoms with van der Waals surface area (Å²) in [5, 5.41) is 4.04. The molecule has 2 atom stereocenters. The molecule has 0 bridgehead atoms. The van der Waals surface area contributed by atoms with E-state index >= 15 is 8.78 Å². The van der Waals surface area contributed by atoms with Gasteiger partial charge in [0.1, 0.15) is 17.8 Å². The summed E-state index contributed by atoms with van der Waals surface area (Å²) in [6.45, 7) is 4.76. The van der Waals surface area contributed by atoms with E-state index in [2.05, 4.69) is 30.8 Å². The Balaban J connectivity index is 1.29. The Morgan fingerprint density at radius 1 is 0.894 bits per heavy atom. The maximum Gasteiger partial charge on any atom is 0.416 e. The third-order valence-corrected chi connectivity index (χ3v) is 13.2. The van der Waals surface area contributed by atoms with E-state index in [1.165, 1.54) is 0 Å². The Morgan fingerprint density at radius 3 is 2.02 bits per heavy atom. The topological polar surface area (TPSA) is 79.2 Å². The third-order valence-electron chi connectivity index (χ3n) is 8.23. The number of ether oxygens (including phenoxy) is 3. The number of nitrogens with one attached hydrogen (secondary N) is 1. The van der Waals surface area contributed by atoms with Crippen LogP contribution in [0.15, 0.2) is 83.3 Å². The first-order valence-electron chi connectivity index (χ1n) is 15.0. The second kappa shape index (κ2) is 13.4. The van der Waals surface area contributed by atoms with Crippen molar-refractivity contribution in [1.29, 1.82) is 0 Å². The monoisotopic (exact) mass is 677 g/mol. The molecule has 2 heterocycles. The number of furan rings is 1. The quantitative estimate of drug-likeness (QED) is 0.115. The summed E-state index contributed by atoms with van der Waals surface area (Å²) in [6, 6.07) is 22.4. The molecule has 13 heteroatoms. The Kier molecular flexibility index (Phi) is 9.83. The molecule has 1 aliphatic heterocycles. The lowest BCUT2D eigenvalue weighted by Crippen LogP contribution is -2.67. The summed E-state index contributed by atoms with van der Waals surface area (Å²) in [7, 11) is -1.86. The number of carbonyl (C=O) groups excluding carboxylic acids is 1. The van der Waals surface area contributed by atoms with Crippen LogP contribution in [0.4, 0.5) is 27.6 Å². The van der Waals surface area contributed by atoms with Crippen molar-refractivity contribution in [2.75, 3.05) is 38.8 Å². The van der Waals surface area contributed by atoms with Gasteiger partial charge in [-0.2, -0.15) is 13.2 Å². The van der Waals surface area contributed by atoms with Crippen LogP contribution < -0.4 is 15.7 Å². The van der Waals surface area contributed by atoms with E-state index in [9.17, 15) is 18.0 Å². The van der Waals surface area contributed by atoms with Gasteiger partial charge in [-0.1, -0.05) is 81.4 Å². The Bertz CT molecular complexity index is 1630. The van der Waals surface area contributed by atoms with Crippen LogP contribution in [0.1, 0.15) is 36.9 Å². The van der Waals surface area contributed by atoms with E-state index in [1.54, 1.807) is 0 Å². The molecule has 7 nitrogen and oxygen atoms in total. The normalized spacial score (nSPS) is 17.9. The molecule has 2 unspecified atom stereocenters. The first-order chi connectivity index (χ1) is 22.2. The van der Waals surface area contributed by atoms with Crippen LogP contribution in [-0.4, -0.2) is 65.9 Å². The van der Waals surface area contributed by atoms with Crippen LogP contribution in [0.25, 0.3) is 11.0 Å². The molecule has 1 fully saturated rings. The Labute approximate surface area is 270 Å². The van der Waals surface area contributed by atoms with Crippen molar-refractivity contribution in [2.45, 2.75) is 50.1 Å². The van der Waals surface area contributed by atoms with Gasteiger partial charge >= 0.3 is 12.1 Å². The third kappa shape index (κ3) is 7.08. The highest BCUT2D eigenvalue weighted by atomic mass is 28.4. The van der Waals surface area contributed by atoms with Gasteiger partial charge in [0.25, 0.3) is 14.2 Å². The van der Waals surface area contributed by atoms with Crippen molar-refractivity contribution >= 4 is 41.3 Å². The molecule has 3 aromatic carbocycles. The molecule has 0 radical (unpaired) electrons. The predicted octanol–water partition coefficient (Wildman–Crippen LogP) is 6.65. The number of hydrogen-bond acceptors (Lipinski definition) is 7. The maximum absolute atomic E-state index is 15.5. The fourth-order valence-electron chi connectivity index (χ4n) is 5.87. The van der Waals surface area contributed by atoms with Crippen LogP contribution in [-0.2, 0) is 24.8 Å². The van der Waals surface area contributed by atoms with Gasteiger partial charge in [0.15, 0.2) is 0 Å². The molecule has 1 aliphatic rings. The minimum atomic E-state index is -4.71. The molecular weight excluding hydrogens is 641 g/mol. The van der Waals surface area contributed by atoms with Gasteiger partial charge in [-0.3, -0.25) is 0 Å². The van der Waals surface area contributed by atoms with Crippen molar-refractivity contribution in [3.05, 3.63) is 90.2 Å². The standard InChI is InChI=1S/C34H36F5NO6Si/c1-32(2,3)47(24-11-7-5-8-12-24,25-13-9-6-10-14-25)45-19-23-18-44-28(20-43-23)33(35,36)21-40-29-26-17-22(34(37,38)39)15-16-27(26)46-30(29)31(41)42-4/h5-17,23,28,40H,18-21H2,1-4H3. The zero-order chi connectivity index (χ0) is 34.0. The molecule has 0 aliphatic carbocycles. The van der Waals surface area contributed by atoms with E-state index < -0.39 is 63.1 Å². The van der Waals surface area contributed by atoms with Crippen molar-refractivity contribution in [3.63, 3.8) is 0 Å². The SMILES string of the molecule is COC(=O)c1oc2ccc(C(F)(F)F)cc2c1NCC(F)(F)C1COC(CO[Si](c2ccccc2)(c2ccccc2)C(C)(C)C)CO1. The van der Waals surface area contributed by atoms with E-state index in [1.807, 2.05) is 60.7 Å². The van der Waals surface area contributed by atoms with Crippen LogP contribution >= 0.6 is 0 Å². The molecule has 1 aromatic heterocycles. The zero-order valence-corrected chi connectivity index (χ0v) is 27.3. The molecule has 0 saturated carbocycles.